The molecule has 2 aromatic rings. The van der Waals surface area contributed by atoms with Gasteiger partial charge in [0.1, 0.15) is 0 Å². The second-order valence-electron chi connectivity index (χ2n) is 4.93. The van der Waals surface area contributed by atoms with E-state index in [-0.39, 0.29) is 5.91 Å². The molecular formula is C14H13BrClN3OS. The summed E-state index contributed by atoms with van der Waals surface area (Å²) in [5.74, 6) is -0.211. The van der Waals surface area contributed by atoms with Crippen LogP contribution in [0, 0.1) is 0 Å². The maximum Gasteiger partial charge on any atom is 0.284 e. The number of amides is 1. The van der Waals surface area contributed by atoms with Gasteiger partial charge < -0.3 is 10.2 Å². The van der Waals surface area contributed by atoms with Crippen LogP contribution < -0.4 is 5.32 Å². The van der Waals surface area contributed by atoms with Crippen molar-refractivity contribution in [3.63, 3.8) is 0 Å². The summed E-state index contributed by atoms with van der Waals surface area (Å²) in [6.07, 6.45) is 0.896. The summed E-state index contributed by atoms with van der Waals surface area (Å²) in [5, 5.41) is 3.81. The molecule has 1 aliphatic rings. The van der Waals surface area contributed by atoms with Gasteiger partial charge in [0, 0.05) is 28.9 Å². The van der Waals surface area contributed by atoms with Crippen LogP contribution in [0.2, 0.25) is 5.02 Å². The van der Waals surface area contributed by atoms with E-state index in [1.165, 1.54) is 16.2 Å². The minimum Gasteiger partial charge on any atom is -0.319 e. The van der Waals surface area contributed by atoms with Crippen LogP contribution in [0.15, 0.2) is 22.7 Å². The number of nitrogens with one attached hydrogen (secondary N) is 1. The Balaban J connectivity index is 1.81. The zero-order valence-corrected chi connectivity index (χ0v) is 14.5. The van der Waals surface area contributed by atoms with Crippen molar-refractivity contribution in [2.24, 2.45) is 0 Å². The summed E-state index contributed by atoms with van der Waals surface area (Å²) in [7, 11) is 2.07. The number of hydrogen-bond acceptors (Lipinski definition) is 4. The standard InChI is InChI=1S/C14H13BrClN3OS/c1-19-6-5-9-11(7-19)21-14(18-9)13(20)17-10-4-2-3-8(15)12(10)16/h2-4H,5-7H2,1H3,(H,17,20). The van der Waals surface area contributed by atoms with E-state index in [4.69, 9.17) is 11.6 Å². The first-order valence-corrected chi connectivity index (χ1v) is 8.46. The number of likely N-dealkylation sites (N-methyl/N-ethyl adjacent to an activating group) is 1. The van der Waals surface area contributed by atoms with E-state index in [0.717, 1.165) is 29.7 Å². The summed E-state index contributed by atoms with van der Waals surface area (Å²) in [6.45, 7) is 1.84. The molecule has 0 aliphatic carbocycles. The monoisotopic (exact) mass is 385 g/mol. The first-order valence-electron chi connectivity index (χ1n) is 6.47. The number of carbonyl (C=O) groups is 1. The van der Waals surface area contributed by atoms with E-state index < -0.39 is 0 Å². The SMILES string of the molecule is CN1CCc2nc(C(=O)Nc3cccc(Br)c3Cl)sc2C1. The Bertz CT molecular complexity index is 704. The Morgan fingerprint density at radius 1 is 1.52 bits per heavy atom. The van der Waals surface area contributed by atoms with E-state index in [1.54, 1.807) is 6.07 Å². The number of nitrogens with zero attached hydrogens (tertiary/aromatic N) is 2. The predicted octanol–water partition coefficient (Wildman–Crippen LogP) is 3.80. The molecule has 1 N–H and O–H groups in total. The number of anilines is 1. The molecule has 4 nitrogen and oxygen atoms in total. The van der Waals surface area contributed by atoms with Gasteiger partial charge in [0.05, 0.1) is 16.4 Å². The molecule has 0 spiro atoms. The van der Waals surface area contributed by atoms with E-state index in [9.17, 15) is 4.79 Å². The molecule has 2 heterocycles. The average Bonchev–Trinajstić information content (AvgIpc) is 2.87. The lowest BCUT2D eigenvalue weighted by Crippen LogP contribution is -2.25. The lowest BCUT2D eigenvalue weighted by molar-refractivity contribution is 0.102. The highest BCUT2D eigenvalue weighted by atomic mass is 79.9. The molecule has 1 aliphatic heterocycles. The van der Waals surface area contributed by atoms with Gasteiger partial charge in [-0.3, -0.25) is 4.79 Å². The first-order chi connectivity index (χ1) is 10.0. The molecule has 0 unspecified atom stereocenters. The molecule has 1 amide bonds. The third-order valence-electron chi connectivity index (χ3n) is 3.32. The van der Waals surface area contributed by atoms with Crippen molar-refractivity contribution in [3.8, 4) is 0 Å². The summed E-state index contributed by atoms with van der Waals surface area (Å²) in [4.78, 5) is 20.2. The highest BCUT2D eigenvalue weighted by Gasteiger charge is 2.21. The number of carbonyl (C=O) groups excluding carboxylic acids is 1. The maximum atomic E-state index is 12.3. The van der Waals surface area contributed by atoms with Crippen molar-refractivity contribution in [1.29, 1.82) is 0 Å². The number of hydrogen-bond donors (Lipinski definition) is 1. The molecule has 0 saturated carbocycles. The second kappa shape index (κ2) is 6.04. The van der Waals surface area contributed by atoms with Gasteiger partial charge in [-0.25, -0.2) is 4.98 Å². The van der Waals surface area contributed by atoms with Gasteiger partial charge in [-0.15, -0.1) is 11.3 Å². The number of benzene rings is 1. The normalized spacial score (nSPS) is 14.8. The van der Waals surface area contributed by atoms with Crippen LogP contribution in [-0.2, 0) is 13.0 Å². The molecule has 3 rings (SSSR count). The lowest BCUT2D eigenvalue weighted by Gasteiger charge is -2.20. The average molecular weight is 387 g/mol. The molecule has 0 radical (unpaired) electrons. The fourth-order valence-corrected chi connectivity index (χ4v) is 3.82. The van der Waals surface area contributed by atoms with Gasteiger partial charge in [-0.2, -0.15) is 0 Å². The number of thiazole rings is 1. The largest absolute Gasteiger partial charge is 0.319 e. The minimum absolute atomic E-state index is 0.211. The fraction of sp³-hybridized carbons (Fsp3) is 0.286. The summed E-state index contributed by atoms with van der Waals surface area (Å²) < 4.78 is 0.752. The van der Waals surface area contributed by atoms with Gasteiger partial charge in [0.25, 0.3) is 5.91 Å². The predicted molar refractivity (Wildman–Crippen MR) is 89.3 cm³/mol. The molecule has 21 heavy (non-hydrogen) atoms. The van der Waals surface area contributed by atoms with Crippen LogP contribution in [0.5, 0.6) is 0 Å². The molecule has 0 atom stereocenters. The molecule has 110 valence electrons. The third kappa shape index (κ3) is 3.13. The molecule has 1 aromatic heterocycles. The van der Waals surface area contributed by atoms with Crippen molar-refractivity contribution in [3.05, 3.63) is 43.3 Å². The van der Waals surface area contributed by atoms with Crippen molar-refractivity contribution >= 4 is 50.5 Å². The molecule has 1 aromatic carbocycles. The quantitative estimate of drug-likeness (QED) is 0.854. The Kier molecular flexibility index (Phi) is 4.31. The number of aromatic nitrogens is 1. The van der Waals surface area contributed by atoms with Crippen LogP contribution in [0.4, 0.5) is 5.69 Å². The van der Waals surface area contributed by atoms with E-state index in [0.29, 0.717) is 15.7 Å². The van der Waals surface area contributed by atoms with Gasteiger partial charge in [-0.05, 0) is 35.1 Å². The fourth-order valence-electron chi connectivity index (χ4n) is 2.20. The highest BCUT2D eigenvalue weighted by molar-refractivity contribution is 9.10. The minimum atomic E-state index is -0.211. The van der Waals surface area contributed by atoms with Crippen molar-refractivity contribution < 1.29 is 4.79 Å². The number of fused-ring (bicyclic) bond motifs is 1. The van der Waals surface area contributed by atoms with Crippen LogP contribution in [-0.4, -0.2) is 29.4 Å². The smallest absolute Gasteiger partial charge is 0.284 e. The van der Waals surface area contributed by atoms with E-state index in [2.05, 4.69) is 38.2 Å². The molecule has 0 bridgehead atoms. The van der Waals surface area contributed by atoms with Crippen LogP contribution in [0.3, 0.4) is 0 Å². The van der Waals surface area contributed by atoms with Gasteiger partial charge in [-0.1, -0.05) is 17.7 Å². The van der Waals surface area contributed by atoms with Crippen molar-refractivity contribution in [1.82, 2.24) is 9.88 Å². The molecule has 7 heteroatoms. The molecular weight excluding hydrogens is 374 g/mol. The zero-order valence-electron chi connectivity index (χ0n) is 11.3. The zero-order chi connectivity index (χ0) is 15.0. The summed E-state index contributed by atoms with van der Waals surface area (Å²) in [5.41, 5.74) is 1.63. The van der Waals surface area contributed by atoms with Gasteiger partial charge in [0.2, 0.25) is 0 Å². The second-order valence-corrected chi connectivity index (χ2v) is 7.25. The Morgan fingerprint density at radius 2 is 2.33 bits per heavy atom. The van der Waals surface area contributed by atoms with Crippen LogP contribution in [0.1, 0.15) is 20.4 Å². The molecule has 0 saturated heterocycles. The van der Waals surface area contributed by atoms with E-state index in [1.807, 2.05) is 12.1 Å². The number of halogens is 2. The maximum absolute atomic E-state index is 12.3. The lowest BCUT2D eigenvalue weighted by atomic mass is 10.2. The van der Waals surface area contributed by atoms with Crippen LogP contribution >= 0.6 is 38.9 Å². The summed E-state index contributed by atoms with van der Waals surface area (Å²) in [6, 6.07) is 5.43. The van der Waals surface area contributed by atoms with Gasteiger partial charge >= 0.3 is 0 Å². The van der Waals surface area contributed by atoms with Crippen molar-refractivity contribution in [2.75, 3.05) is 18.9 Å². The Hall–Kier alpha value is -0.950. The Morgan fingerprint density at radius 3 is 3.14 bits per heavy atom. The first kappa shape index (κ1) is 15.0. The molecule has 0 fully saturated rings. The third-order valence-corrected chi connectivity index (χ3v) is 5.69. The van der Waals surface area contributed by atoms with Crippen LogP contribution in [0.25, 0.3) is 0 Å². The van der Waals surface area contributed by atoms with E-state index >= 15 is 0 Å². The van der Waals surface area contributed by atoms with Crippen molar-refractivity contribution in [2.45, 2.75) is 13.0 Å². The van der Waals surface area contributed by atoms with Gasteiger partial charge in [0.15, 0.2) is 5.01 Å². The Labute approximate surface area is 140 Å². The summed E-state index contributed by atoms with van der Waals surface area (Å²) >= 11 is 11.0. The number of rotatable bonds is 2. The highest BCUT2D eigenvalue weighted by Crippen LogP contribution is 2.31. The topological polar surface area (TPSA) is 45.2 Å².